The minimum atomic E-state index is -0.359. The van der Waals surface area contributed by atoms with Crippen molar-refractivity contribution in [2.45, 2.75) is 31.8 Å². The molecule has 0 unspecified atom stereocenters. The van der Waals surface area contributed by atoms with Crippen molar-refractivity contribution in [3.05, 3.63) is 71.8 Å². The maximum absolute atomic E-state index is 12.1. The van der Waals surface area contributed by atoms with Gasteiger partial charge in [-0.3, -0.25) is 9.59 Å². The number of carbonyl (C=O) groups excluding carboxylic acids is 2. The summed E-state index contributed by atoms with van der Waals surface area (Å²) in [5.41, 5.74) is 2.09. The normalized spacial score (nSPS) is 27.8. The van der Waals surface area contributed by atoms with Crippen LogP contribution in [0.5, 0.6) is 0 Å². The molecule has 4 atom stereocenters. The highest BCUT2D eigenvalue weighted by atomic mass is 16.5. The second kappa shape index (κ2) is 6.90. The molecule has 2 bridgehead atoms. The summed E-state index contributed by atoms with van der Waals surface area (Å²) >= 11 is 0. The summed E-state index contributed by atoms with van der Waals surface area (Å²) in [6.45, 7) is 0.836. The van der Waals surface area contributed by atoms with Gasteiger partial charge in [-0.1, -0.05) is 60.7 Å². The highest BCUT2D eigenvalue weighted by Gasteiger charge is 2.59. The maximum atomic E-state index is 12.1. The number of hydrogen-bond acceptors (Lipinski definition) is 4. The van der Waals surface area contributed by atoms with E-state index < -0.39 is 0 Å². The van der Waals surface area contributed by atoms with Crippen LogP contribution in [-0.4, -0.2) is 23.8 Å². The number of benzene rings is 2. The molecule has 4 rings (SSSR count). The van der Waals surface area contributed by atoms with E-state index in [2.05, 4.69) is 0 Å². The molecule has 0 amide bonds. The van der Waals surface area contributed by atoms with Crippen LogP contribution in [0.2, 0.25) is 0 Å². The van der Waals surface area contributed by atoms with E-state index in [9.17, 15) is 9.59 Å². The number of ketones is 2. The first-order valence-electron chi connectivity index (χ1n) is 8.63. The molecule has 0 aromatic heterocycles. The van der Waals surface area contributed by atoms with E-state index in [0.717, 1.165) is 11.1 Å². The van der Waals surface area contributed by atoms with Crippen LogP contribution in [0.25, 0.3) is 0 Å². The number of fused-ring (bicyclic) bond motifs is 2. The Labute approximate surface area is 146 Å². The first-order chi connectivity index (χ1) is 12.2. The summed E-state index contributed by atoms with van der Waals surface area (Å²) < 4.78 is 12.1. The van der Waals surface area contributed by atoms with E-state index in [0.29, 0.717) is 19.6 Å². The quantitative estimate of drug-likeness (QED) is 0.761. The van der Waals surface area contributed by atoms with Crippen molar-refractivity contribution in [3.8, 4) is 0 Å². The van der Waals surface area contributed by atoms with Gasteiger partial charge in [-0.2, -0.15) is 0 Å². The van der Waals surface area contributed by atoms with Crippen molar-refractivity contribution in [1.29, 1.82) is 0 Å². The van der Waals surface area contributed by atoms with Crippen molar-refractivity contribution in [1.82, 2.24) is 0 Å². The zero-order chi connectivity index (χ0) is 17.2. The van der Waals surface area contributed by atoms with E-state index >= 15 is 0 Å². The van der Waals surface area contributed by atoms with E-state index in [1.54, 1.807) is 0 Å². The Kier molecular flexibility index (Phi) is 4.47. The molecule has 4 nitrogen and oxygen atoms in total. The van der Waals surface area contributed by atoms with Gasteiger partial charge < -0.3 is 9.47 Å². The Bertz CT molecular complexity index is 690. The van der Waals surface area contributed by atoms with Gasteiger partial charge >= 0.3 is 0 Å². The minimum Gasteiger partial charge on any atom is -0.370 e. The average Bonchev–Trinajstić information content (AvgIpc) is 3.16. The second-order valence-electron chi connectivity index (χ2n) is 6.70. The molecule has 0 saturated heterocycles. The van der Waals surface area contributed by atoms with Crippen LogP contribution in [0.4, 0.5) is 0 Å². The zero-order valence-corrected chi connectivity index (χ0v) is 13.8. The van der Waals surface area contributed by atoms with E-state index in [-0.39, 0.29) is 35.6 Å². The van der Waals surface area contributed by atoms with E-state index in [1.807, 2.05) is 60.7 Å². The maximum Gasteiger partial charge on any atom is 0.204 e. The van der Waals surface area contributed by atoms with Gasteiger partial charge in [0.05, 0.1) is 37.3 Å². The molecule has 2 saturated carbocycles. The predicted octanol–water partition coefficient (Wildman–Crippen LogP) is 2.95. The molecule has 0 N–H and O–H groups in total. The van der Waals surface area contributed by atoms with Gasteiger partial charge in [0.2, 0.25) is 11.6 Å². The third-order valence-electron chi connectivity index (χ3n) is 5.11. The molecule has 2 aliphatic carbocycles. The van der Waals surface area contributed by atoms with E-state index in [4.69, 9.17) is 9.47 Å². The lowest BCUT2D eigenvalue weighted by atomic mass is 9.92. The molecule has 0 heterocycles. The Morgan fingerprint density at radius 1 is 0.680 bits per heavy atom. The highest BCUT2D eigenvalue weighted by Crippen LogP contribution is 2.44. The zero-order valence-electron chi connectivity index (χ0n) is 13.8. The van der Waals surface area contributed by atoms with Crippen molar-refractivity contribution in [2.24, 2.45) is 11.8 Å². The minimum absolute atomic E-state index is 0.289. The van der Waals surface area contributed by atoms with Crippen molar-refractivity contribution >= 4 is 11.6 Å². The van der Waals surface area contributed by atoms with Crippen LogP contribution < -0.4 is 0 Å². The molecule has 128 valence electrons. The van der Waals surface area contributed by atoms with Gasteiger partial charge in [-0.05, 0) is 17.5 Å². The molecule has 2 aromatic carbocycles. The number of hydrogen-bond donors (Lipinski definition) is 0. The molecule has 0 aliphatic heterocycles. The lowest BCUT2D eigenvalue weighted by Gasteiger charge is -2.29. The first-order valence-corrected chi connectivity index (χ1v) is 8.63. The van der Waals surface area contributed by atoms with Gasteiger partial charge in [0.1, 0.15) is 0 Å². The van der Waals surface area contributed by atoms with Gasteiger partial charge in [0.15, 0.2) is 0 Å². The lowest BCUT2D eigenvalue weighted by molar-refractivity contribution is -0.155. The molecule has 2 fully saturated rings. The Balaban J connectivity index is 1.46. The molecule has 0 spiro atoms. The molecule has 2 aliphatic rings. The van der Waals surface area contributed by atoms with Crippen molar-refractivity contribution in [3.63, 3.8) is 0 Å². The Morgan fingerprint density at radius 3 is 1.48 bits per heavy atom. The average molecular weight is 336 g/mol. The van der Waals surface area contributed by atoms with Gasteiger partial charge in [0, 0.05) is 0 Å². The fraction of sp³-hybridized carbons (Fsp3) is 0.333. The number of Topliss-reactive ketones (excluding diaryl/α,β-unsaturated/α-hetero) is 2. The topological polar surface area (TPSA) is 52.6 Å². The number of rotatable bonds is 6. The lowest BCUT2D eigenvalue weighted by Crippen LogP contribution is -2.45. The monoisotopic (exact) mass is 336 g/mol. The highest BCUT2D eigenvalue weighted by molar-refractivity contribution is 6.41. The standard InChI is InChI=1S/C21H20O4/c22-18-16-11-17(19(18)23)21(25-13-15-9-5-2-6-10-15)20(16)24-12-14-7-3-1-4-8-14/h1-10,16-17,20-21H,11-13H2/t16-,17+,20-,21+. The number of carbonyl (C=O) groups is 2. The van der Waals surface area contributed by atoms with Crippen molar-refractivity contribution < 1.29 is 19.1 Å². The molecule has 4 heteroatoms. The van der Waals surface area contributed by atoms with Gasteiger partial charge in [-0.25, -0.2) is 0 Å². The fourth-order valence-corrected chi connectivity index (χ4v) is 3.83. The largest absolute Gasteiger partial charge is 0.370 e. The molecule has 0 radical (unpaired) electrons. The van der Waals surface area contributed by atoms with Crippen molar-refractivity contribution in [2.75, 3.05) is 0 Å². The summed E-state index contributed by atoms with van der Waals surface area (Å²) in [4.78, 5) is 24.2. The SMILES string of the molecule is O=C1C(=O)[C@@H]2C[C@H]1[C@@H](OCc1ccccc1)[C@H]2OCc1ccccc1. The van der Waals surface area contributed by atoms with Crippen LogP contribution >= 0.6 is 0 Å². The molecular weight excluding hydrogens is 316 g/mol. The second-order valence-corrected chi connectivity index (χ2v) is 6.70. The molecule has 25 heavy (non-hydrogen) atoms. The van der Waals surface area contributed by atoms with Crippen LogP contribution in [0, 0.1) is 11.8 Å². The third kappa shape index (κ3) is 3.15. The smallest absolute Gasteiger partial charge is 0.204 e. The summed E-state index contributed by atoms with van der Waals surface area (Å²) in [7, 11) is 0. The van der Waals surface area contributed by atoms with Gasteiger partial charge in [-0.15, -0.1) is 0 Å². The molecular formula is C21H20O4. The van der Waals surface area contributed by atoms with Crippen LogP contribution in [-0.2, 0) is 32.3 Å². The Morgan fingerprint density at radius 2 is 1.08 bits per heavy atom. The van der Waals surface area contributed by atoms with E-state index in [1.165, 1.54) is 0 Å². The van der Waals surface area contributed by atoms with Gasteiger partial charge in [0.25, 0.3) is 0 Å². The summed E-state index contributed by atoms with van der Waals surface area (Å²) in [5.74, 6) is -1.30. The summed E-state index contributed by atoms with van der Waals surface area (Å²) in [5, 5.41) is 0. The van der Waals surface area contributed by atoms with Crippen LogP contribution in [0.3, 0.4) is 0 Å². The Hall–Kier alpha value is -2.30. The predicted molar refractivity (Wildman–Crippen MR) is 91.6 cm³/mol. The van der Waals surface area contributed by atoms with Crippen LogP contribution in [0.15, 0.2) is 60.7 Å². The van der Waals surface area contributed by atoms with Crippen LogP contribution in [0.1, 0.15) is 17.5 Å². The summed E-state index contributed by atoms with van der Waals surface area (Å²) in [6, 6.07) is 19.7. The fourth-order valence-electron chi connectivity index (χ4n) is 3.83. The third-order valence-corrected chi connectivity index (χ3v) is 5.11. The summed E-state index contributed by atoms with van der Waals surface area (Å²) in [6.07, 6.45) is -0.144. The molecule has 2 aromatic rings. The first kappa shape index (κ1) is 16.2. The number of ether oxygens (including phenoxy) is 2.